The summed E-state index contributed by atoms with van der Waals surface area (Å²) in [5.41, 5.74) is 0. The summed E-state index contributed by atoms with van der Waals surface area (Å²) in [7, 11) is 0. The van der Waals surface area contributed by atoms with E-state index in [0.29, 0.717) is 18.4 Å². The molecule has 0 radical (unpaired) electrons. The lowest BCUT2D eigenvalue weighted by atomic mass is 10.1. The molecule has 1 aliphatic rings. The minimum atomic E-state index is 0.278. The Labute approximate surface area is 77.4 Å². The van der Waals surface area contributed by atoms with Gasteiger partial charge in [0.1, 0.15) is 6.61 Å². The van der Waals surface area contributed by atoms with Crippen molar-refractivity contribution in [1.82, 2.24) is 0 Å². The van der Waals surface area contributed by atoms with Crippen LogP contribution in [0.3, 0.4) is 0 Å². The number of nitrogens with zero attached hydrogens (tertiary/aromatic N) is 1. The molecule has 13 heavy (non-hydrogen) atoms. The topological polar surface area (TPSA) is 34.7 Å². The monoisotopic (exact) mass is 179 g/mol. The van der Waals surface area contributed by atoms with Crippen LogP contribution in [0.2, 0.25) is 0 Å². The lowest BCUT2D eigenvalue weighted by molar-refractivity contribution is 0.287. The Morgan fingerprint density at radius 2 is 2.38 bits per heavy atom. The van der Waals surface area contributed by atoms with Crippen LogP contribution in [-0.4, -0.2) is 18.5 Å². The summed E-state index contributed by atoms with van der Waals surface area (Å²) in [5.74, 6) is 1.89. The molecule has 1 aromatic rings. The molecule has 1 aliphatic heterocycles. The first-order valence-electron chi connectivity index (χ1n) is 4.52. The van der Waals surface area contributed by atoms with Gasteiger partial charge in [0.15, 0.2) is 5.76 Å². The molecule has 1 aromatic heterocycles. The third-order valence-corrected chi connectivity index (χ3v) is 2.18. The second kappa shape index (κ2) is 3.24. The maximum absolute atomic E-state index is 5.43. The van der Waals surface area contributed by atoms with Crippen molar-refractivity contribution < 1.29 is 9.15 Å². The minimum Gasteiger partial charge on any atom is -0.473 e. The largest absolute Gasteiger partial charge is 0.473 e. The van der Waals surface area contributed by atoms with Gasteiger partial charge in [-0.1, -0.05) is 13.8 Å². The first-order chi connectivity index (χ1) is 6.27. The van der Waals surface area contributed by atoms with E-state index in [-0.39, 0.29) is 6.04 Å². The molecule has 0 aromatic carbocycles. The number of ether oxygens (including phenoxy) is 1. The highest BCUT2D eigenvalue weighted by atomic mass is 16.5. The van der Waals surface area contributed by atoms with Crippen molar-refractivity contribution in [3.8, 4) is 0 Å². The Hall–Kier alpha value is -1.25. The van der Waals surface area contributed by atoms with Crippen molar-refractivity contribution >= 4 is 5.90 Å². The van der Waals surface area contributed by atoms with Gasteiger partial charge in [0.05, 0.1) is 12.3 Å². The van der Waals surface area contributed by atoms with Crippen LogP contribution in [0.15, 0.2) is 27.8 Å². The van der Waals surface area contributed by atoms with Gasteiger partial charge in [-0.05, 0) is 18.1 Å². The van der Waals surface area contributed by atoms with Crippen LogP contribution in [0, 0.1) is 5.92 Å². The minimum absolute atomic E-state index is 0.278. The molecule has 0 amide bonds. The van der Waals surface area contributed by atoms with Crippen molar-refractivity contribution in [3.05, 3.63) is 24.2 Å². The molecule has 0 saturated carbocycles. The number of rotatable bonds is 2. The number of hydrogen-bond donors (Lipinski definition) is 0. The molecular formula is C10H13NO2. The van der Waals surface area contributed by atoms with E-state index in [2.05, 4.69) is 18.8 Å². The second-order valence-electron chi connectivity index (χ2n) is 3.53. The van der Waals surface area contributed by atoms with Gasteiger partial charge < -0.3 is 9.15 Å². The molecule has 0 saturated heterocycles. The molecule has 0 aliphatic carbocycles. The molecule has 2 heterocycles. The van der Waals surface area contributed by atoms with Crippen LogP contribution in [0.25, 0.3) is 0 Å². The van der Waals surface area contributed by atoms with E-state index < -0.39 is 0 Å². The van der Waals surface area contributed by atoms with Gasteiger partial charge >= 0.3 is 0 Å². The van der Waals surface area contributed by atoms with Crippen LogP contribution >= 0.6 is 0 Å². The van der Waals surface area contributed by atoms with E-state index >= 15 is 0 Å². The molecule has 0 fully saturated rings. The van der Waals surface area contributed by atoms with Gasteiger partial charge in [-0.3, -0.25) is 0 Å². The van der Waals surface area contributed by atoms with Gasteiger partial charge in [0.2, 0.25) is 0 Å². The predicted octanol–water partition coefficient (Wildman–Crippen LogP) is 2.08. The highest BCUT2D eigenvalue weighted by molar-refractivity contribution is 5.92. The van der Waals surface area contributed by atoms with E-state index in [4.69, 9.17) is 9.15 Å². The first-order valence-corrected chi connectivity index (χ1v) is 4.52. The van der Waals surface area contributed by atoms with E-state index in [1.807, 2.05) is 12.1 Å². The Balaban J connectivity index is 2.15. The molecule has 3 heteroatoms. The maximum atomic E-state index is 5.43. The number of aliphatic imine (C=N–C) groups is 1. The van der Waals surface area contributed by atoms with Crippen LogP contribution in [0.1, 0.15) is 19.6 Å². The molecule has 70 valence electrons. The third kappa shape index (κ3) is 1.59. The lowest BCUT2D eigenvalue weighted by Gasteiger charge is -2.06. The summed E-state index contributed by atoms with van der Waals surface area (Å²) in [6.45, 7) is 4.96. The molecule has 0 N–H and O–H groups in total. The van der Waals surface area contributed by atoms with Crippen LogP contribution < -0.4 is 0 Å². The molecule has 3 nitrogen and oxygen atoms in total. The fraction of sp³-hybridized carbons (Fsp3) is 0.500. The fourth-order valence-corrected chi connectivity index (χ4v) is 1.27. The third-order valence-electron chi connectivity index (χ3n) is 2.18. The molecule has 0 bridgehead atoms. The Bertz CT molecular complexity index is 301. The van der Waals surface area contributed by atoms with Crippen molar-refractivity contribution in [1.29, 1.82) is 0 Å². The van der Waals surface area contributed by atoms with Gasteiger partial charge in [-0.15, -0.1) is 0 Å². The van der Waals surface area contributed by atoms with Crippen molar-refractivity contribution in [2.75, 3.05) is 6.61 Å². The lowest BCUT2D eigenvalue weighted by Crippen LogP contribution is -2.13. The SMILES string of the molecule is CC(C)[C@H]1COC(c2ccco2)=N1. The predicted molar refractivity (Wildman–Crippen MR) is 49.8 cm³/mol. The highest BCUT2D eigenvalue weighted by Gasteiger charge is 2.23. The van der Waals surface area contributed by atoms with E-state index in [0.717, 1.165) is 5.76 Å². The number of furan rings is 1. The van der Waals surface area contributed by atoms with E-state index in [9.17, 15) is 0 Å². The summed E-state index contributed by atoms with van der Waals surface area (Å²) in [5, 5.41) is 0. The van der Waals surface area contributed by atoms with Crippen molar-refractivity contribution in [2.24, 2.45) is 10.9 Å². The van der Waals surface area contributed by atoms with E-state index in [1.54, 1.807) is 6.26 Å². The number of hydrogen-bond acceptors (Lipinski definition) is 3. The standard InChI is InChI=1S/C10H13NO2/c1-7(2)8-6-13-10(11-8)9-4-3-5-12-9/h3-5,7-8H,6H2,1-2H3/t8-/m1/s1. The zero-order valence-corrected chi connectivity index (χ0v) is 7.86. The quantitative estimate of drug-likeness (QED) is 0.696. The summed E-state index contributed by atoms with van der Waals surface area (Å²) < 4.78 is 10.6. The molecule has 0 unspecified atom stereocenters. The average Bonchev–Trinajstić information content (AvgIpc) is 2.75. The van der Waals surface area contributed by atoms with Crippen LogP contribution in [-0.2, 0) is 4.74 Å². The Kier molecular flexibility index (Phi) is 2.08. The van der Waals surface area contributed by atoms with Gasteiger partial charge in [-0.25, -0.2) is 4.99 Å². The van der Waals surface area contributed by atoms with Crippen LogP contribution in [0.5, 0.6) is 0 Å². The van der Waals surface area contributed by atoms with Crippen molar-refractivity contribution in [3.63, 3.8) is 0 Å². The first kappa shape index (κ1) is 8.35. The summed E-state index contributed by atoms with van der Waals surface area (Å²) in [6, 6.07) is 3.98. The molecule has 2 rings (SSSR count). The molecular weight excluding hydrogens is 166 g/mol. The normalized spacial score (nSPS) is 21.8. The average molecular weight is 179 g/mol. The van der Waals surface area contributed by atoms with Crippen LogP contribution in [0.4, 0.5) is 0 Å². The molecule has 0 spiro atoms. The summed E-state index contributed by atoms with van der Waals surface area (Å²) >= 11 is 0. The van der Waals surface area contributed by atoms with Gasteiger partial charge in [0.25, 0.3) is 5.90 Å². The molecule has 1 atom stereocenters. The smallest absolute Gasteiger partial charge is 0.253 e. The maximum Gasteiger partial charge on any atom is 0.253 e. The zero-order valence-electron chi connectivity index (χ0n) is 7.86. The zero-order chi connectivity index (χ0) is 9.26. The summed E-state index contributed by atoms with van der Waals surface area (Å²) in [6.07, 6.45) is 1.63. The van der Waals surface area contributed by atoms with Gasteiger partial charge in [-0.2, -0.15) is 0 Å². The van der Waals surface area contributed by atoms with Crippen molar-refractivity contribution in [2.45, 2.75) is 19.9 Å². The highest BCUT2D eigenvalue weighted by Crippen LogP contribution is 2.17. The van der Waals surface area contributed by atoms with E-state index in [1.165, 1.54) is 0 Å². The summed E-state index contributed by atoms with van der Waals surface area (Å²) in [4.78, 5) is 4.43. The van der Waals surface area contributed by atoms with Gasteiger partial charge in [0, 0.05) is 0 Å². The second-order valence-corrected chi connectivity index (χ2v) is 3.53. The fourth-order valence-electron chi connectivity index (χ4n) is 1.27. The Morgan fingerprint density at radius 3 is 2.92 bits per heavy atom. The Morgan fingerprint density at radius 1 is 1.54 bits per heavy atom.